The Morgan fingerprint density at radius 1 is 1.35 bits per heavy atom. The van der Waals surface area contributed by atoms with Crippen LogP contribution in [0.2, 0.25) is 0 Å². The number of ether oxygens (including phenoxy) is 1. The van der Waals surface area contributed by atoms with E-state index >= 15 is 0 Å². The average molecular weight is 241 g/mol. The first-order chi connectivity index (χ1) is 8.03. The summed E-state index contributed by atoms with van der Waals surface area (Å²) in [5, 5.41) is 9.88. The second-order valence-electron chi connectivity index (χ2n) is 6.29. The molecule has 1 N–H and O–H groups in total. The fourth-order valence-electron chi connectivity index (χ4n) is 3.45. The molecular formula is C14H27NO2. The highest BCUT2D eigenvalue weighted by Crippen LogP contribution is 2.40. The largest absolute Gasteiger partial charge is 0.393 e. The topological polar surface area (TPSA) is 32.7 Å². The fraction of sp³-hybridized carbons (Fsp3) is 1.00. The molecule has 2 rings (SSSR count). The predicted octanol–water partition coefficient (Wildman–Crippen LogP) is 2.04. The summed E-state index contributed by atoms with van der Waals surface area (Å²) in [5.74, 6) is 0. The predicted molar refractivity (Wildman–Crippen MR) is 69.0 cm³/mol. The Labute approximate surface area is 105 Å². The zero-order valence-corrected chi connectivity index (χ0v) is 11.5. The van der Waals surface area contributed by atoms with Crippen LogP contribution in [0.15, 0.2) is 0 Å². The number of aliphatic hydroxyl groups excluding tert-OH is 1. The van der Waals surface area contributed by atoms with E-state index in [1.54, 1.807) is 0 Å². The number of rotatable bonds is 3. The third-order valence-corrected chi connectivity index (χ3v) is 4.54. The second kappa shape index (κ2) is 5.25. The van der Waals surface area contributed by atoms with E-state index in [9.17, 15) is 5.11 Å². The van der Waals surface area contributed by atoms with Crippen LogP contribution in [-0.4, -0.2) is 48.0 Å². The fourth-order valence-corrected chi connectivity index (χ4v) is 3.45. The van der Waals surface area contributed by atoms with Crippen molar-refractivity contribution in [1.82, 2.24) is 4.90 Å². The summed E-state index contributed by atoms with van der Waals surface area (Å²) in [6.07, 6.45) is 4.50. The summed E-state index contributed by atoms with van der Waals surface area (Å²) in [7, 11) is 0. The quantitative estimate of drug-likeness (QED) is 0.820. The molecule has 17 heavy (non-hydrogen) atoms. The van der Waals surface area contributed by atoms with Gasteiger partial charge in [0.25, 0.3) is 0 Å². The molecule has 0 amide bonds. The molecule has 1 heterocycles. The van der Waals surface area contributed by atoms with Gasteiger partial charge in [0.1, 0.15) is 0 Å². The van der Waals surface area contributed by atoms with Crippen molar-refractivity contribution < 1.29 is 9.84 Å². The Hall–Kier alpha value is -0.120. The van der Waals surface area contributed by atoms with Crippen LogP contribution in [0, 0.1) is 5.41 Å². The monoisotopic (exact) mass is 241 g/mol. The van der Waals surface area contributed by atoms with Crippen molar-refractivity contribution in [3.05, 3.63) is 0 Å². The lowest BCUT2D eigenvalue weighted by atomic mass is 9.71. The van der Waals surface area contributed by atoms with Crippen molar-refractivity contribution in [2.24, 2.45) is 5.41 Å². The smallest absolute Gasteiger partial charge is 0.0714 e. The molecule has 3 nitrogen and oxygen atoms in total. The SMILES string of the molecule is CCOC1CCN(C2CC(O)CCC2(C)C)C1. The summed E-state index contributed by atoms with van der Waals surface area (Å²) in [5.41, 5.74) is 0.334. The maximum Gasteiger partial charge on any atom is 0.0714 e. The zero-order chi connectivity index (χ0) is 12.5. The number of aliphatic hydroxyl groups is 1. The highest BCUT2D eigenvalue weighted by Gasteiger charge is 2.41. The lowest BCUT2D eigenvalue weighted by Crippen LogP contribution is -2.49. The summed E-state index contributed by atoms with van der Waals surface area (Å²) < 4.78 is 5.71. The van der Waals surface area contributed by atoms with Gasteiger partial charge in [0.2, 0.25) is 0 Å². The van der Waals surface area contributed by atoms with Gasteiger partial charge in [-0.25, -0.2) is 0 Å². The first kappa shape index (κ1) is 13.3. The number of nitrogens with zero attached hydrogens (tertiary/aromatic N) is 1. The van der Waals surface area contributed by atoms with E-state index < -0.39 is 0 Å². The van der Waals surface area contributed by atoms with Gasteiger partial charge in [0, 0.05) is 25.7 Å². The molecular weight excluding hydrogens is 214 g/mol. The summed E-state index contributed by atoms with van der Waals surface area (Å²) >= 11 is 0. The van der Waals surface area contributed by atoms with Crippen LogP contribution in [-0.2, 0) is 4.74 Å². The van der Waals surface area contributed by atoms with Gasteiger partial charge in [-0.1, -0.05) is 13.8 Å². The van der Waals surface area contributed by atoms with E-state index in [1.807, 2.05) is 0 Å². The van der Waals surface area contributed by atoms with Crippen LogP contribution in [0.25, 0.3) is 0 Å². The first-order valence-corrected chi connectivity index (χ1v) is 7.06. The number of hydrogen-bond acceptors (Lipinski definition) is 3. The Morgan fingerprint density at radius 3 is 2.82 bits per heavy atom. The lowest BCUT2D eigenvalue weighted by molar-refractivity contribution is -0.0113. The summed E-state index contributed by atoms with van der Waals surface area (Å²) in [6, 6.07) is 0.525. The van der Waals surface area contributed by atoms with Gasteiger partial charge in [0.15, 0.2) is 0 Å². The van der Waals surface area contributed by atoms with E-state index in [2.05, 4.69) is 25.7 Å². The Balaban J connectivity index is 1.96. The Bertz CT molecular complexity index is 255. The van der Waals surface area contributed by atoms with Gasteiger partial charge < -0.3 is 9.84 Å². The molecule has 0 aromatic carbocycles. The van der Waals surface area contributed by atoms with Gasteiger partial charge >= 0.3 is 0 Å². The van der Waals surface area contributed by atoms with E-state index in [1.165, 1.54) is 0 Å². The molecule has 1 aliphatic heterocycles. The van der Waals surface area contributed by atoms with Crippen LogP contribution < -0.4 is 0 Å². The lowest BCUT2D eigenvalue weighted by Gasteiger charge is -2.45. The minimum Gasteiger partial charge on any atom is -0.393 e. The molecule has 3 unspecified atom stereocenters. The van der Waals surface area contributed by atoms with Crippen molar-refractivity contribution in [3.63, 3.8) is 0 Å². The van der Waals surface area contributed by atoms with Crippen molar-refractivity contribution in [2.45, 2.75) is 64.7 Å². The molecule has 0 bridgehead atoms. The highest BCUT2D eigenvalue weighted by molar-refractivity contribution is 4.95. The van der Waals surface area contributed by atoms with Gasteiger partial charge in [0.05, 0.1) is 12.2 Å². The molecule has 1 saturated carbocycles. The molecule has 2 fully saturated rings. The second-order valence-corrected chi connectivity index (χ2v) is 6.29. The maximum atomic E-state index is 9.88. The van der Waals surface area contributed by atoms with Gasteiger partial charge in [-0.3, -0.25) is 4.90 Å². The summed E-state index contributed by atoms with van der Waals surface area (Å²) in [6.45, 7) is 9.75. The molecule has 1 saturated heterocycles. The Morgan fingerprint density at radius 2 is 2.12 bits per heavy atom. The van der Waals surface area contributed by atoms with Crippen LogP contribution in [0.1, 0.15) is 46.5 Å². The van der Waals surface area contributed by atoms with E-state index in [4.69, 9.17) is 4.74 Å². The van der Waals surface area contributed by atoms with E-state index in [0.717, 1.165) is 45.4 Å². The van der Waals surface area contributed by atoms with Crippen LogP contribution in [0.5, 0.6) is 0 Å². The number of likely N-dealkylation sites (tertiary alicyclic amines) is 1. The van der Waals surface area contributed by atoms with Gasteiger partial charge in [-0.15, -0.1) is 0 Å². The van der Waals surface area contributed by atoms with Crippen molar-refractivity contribution in [1.29, 1.82) is 0 Å². The van der Waals surface area contributed by atoms with Crippen molar-refractivity contribution >= 4 is 0 Å². The van der Waals surface area contributed by atoms with Crippen LogP contribution >= 0.6 is 0 Å². The molecule has 3 heteroatoms. The van der Waals surface area contributed by atoms with Crippen LogP contribution in [0.4, 0.5) is 0 Å². The molecule has 1 aliphatic carbocycles. The average Bonchev–Trinajstić information content (AvgIpc) is 2.71. The van der Waals surface area contributed by atoms with Crippen LogP contribution in [0.3, 0.4) is 0 Å². The molecule has 0 radical (unpaired) electrons. The standard InChI is InChI=1S/C14H27NO2/c1-4-17-12-6-8-15(10-12)13-9-11(16)5-7-14(13,2)3/h11-13,16H,4-10H2,1-3H3. The maximum absolute atomic E-state index is 9.88. The zero-order valence-electron chi connectivity index (χ0n) is 11.5. The summed E-state index contributed by atoms with van der Waals surface area (Å²) in [4.78, 5) is 2.54. The molecule has 2 aliphatic rings. The molecule has 100 valence electrons. The van der Waals surface area contributed by atoms with Crippen molar-refractivity contribution in [3.8, 4) is 0 Å². The van der Waals surface area contributed by atoms with E-state index in [-0.39, 0.29) is 6.10 Å². The third-order valence-electron chi connectivity index (χ3n) is 4.54. The molecule has 0 aromatic heterocycles. The Kier molecular flexibility index (Phi) is 4.11. The first-order valence-electron chi connectivity index (χ1n) is 7.06. The van der Waals surface area contributed by atoms with Crippen molar-refractivity contribution in [2.75, 3.05) is 19.7 Å². The van der Waals surface area contributed by atoms with Gasteiger partial charge in [-0.05, 0) is 38.0 Å². The van der Waals surface area contributed by atoms with E-state index in [0.29, 0.717) is 17.6 Å². The minimum atomic E-state index is -0.0980. The normalized spacial score (nSPS) is 38.5. The molecule has 0 spiro atoms. The number of hydrogen-bond donors (Lipinski definition) is 1. The molecule has 3 atom stereocenters. The van der Waals surface area contributed by atoms with Gasteiger partial charge in [-0.2, -0.15) is 0 Å². The third kappa shape index (κ3) is 3.01. The minimum absolute atomic E-state index is 0.0980. The highest BCUT2D eigenvalue weighted by atomic mass is 16.5. The molecule has 0 aromatic rings.